The lowest BCUT2D eigenvalue weighted by atomic mass is 9.82. The van der Waals surface area contributed by atoms with Crippen LogP contribution in [0.5, 0.6) is 0 Å². The number of carbonyl (C=O) groups is 1. The molecule has 1 fully saturated rings. The number of rotatable bonds is 7. The van der Waals surface area contributed by atoms with Gasteiger partial charge in [0.05, 0.1) is 19.3 Å². The molecule has 1 aliphatic rings. The van der Waals surface area contributed by atoms with Crippen LogP contribution in [-0.2, 0) is 16.1 Å². The van der Waals surface area contributed by atoms with E-state index in [1.165, 1.54) is 16.4 Å². The lowest BCUT2D eigenvalue weighted by Gasteiger charge is -2.30. The molecule has 1 heterocycles. The summed E-state index contributed by atoms with van der Waals surface area (Å²) in [5, 5.41) is 8.76. The Bertz CT molecular complexity index is 816. The van der Waals surface area contributed by atoms with Crippen LogP contribution in [0.15, 0.2) is 24.3 Å². The predicted octanol–water partition coefficient (Wildman–Crippen LogP) is 4.68. The van der Waals surface area contributed by atoms with Crippen molar-refractivity contribution in [3.63, 3.8) is 0 Å². The van der Waals surface area contributed by atoms with E-state index in [0.717, 1.165) is 31.2 Å². The Hall–Kier alpha value is -1.92. The minimum Gasteiger partial charge on any atom is -0.461 e. The number of hydrogen-bond acceptors (Lipinski definition) is 4. The monoisotopic (exact) mass is 414 g/mol. The number of nitrogens with zero attached hydrogens (tertiary/aromatic N) is 1. The number of hydrogen-bond donors (Lipinski definition) is 1. The van der Waals surface area contributed by atoms with Gasteiger partial charge < -0.3 is 9.47 Å². The normalized spacial score (nSPS) is 19.9. The standard InChI is InChI=1S/C23H34N2O3Si/c1-6-27-23(26)21-20(22(25-24-21)29(3,4)5)18-11-13-19(14-12-18)28-15-17-9-7-16(2)8-10-17/h7-10,18-19H,6,11-15H2,1-5H3,(H,24,25). The topological polar surface area (TPSA) is 64.2 Å². The second kappa shape index (κ2) is 9.26. The van der Waals surface area contributed by atoms with Crippen LogP contribution in [-0.4, -0.2) is 37.0 Å². The van der Waals surface area contributed by atoms with E-state index < -0.39 is 8.07 Å². The molecule has 6 heteroatoms. The van der Waals surface area contributed by atoms with Gasteiger partial charge >= 0.3 is 5.97 Å². The molecule has 0 saturated heterocycles. The number of nitrogens with one attached hydrogen (secondary N) is 1. The summed E-state index contributed by atoms with van der Waals surface area (Å²) in [6.45, 7) is 11.8. The zero-order valence-corrected chi connectivity index (χ0v) is 19.4. The van der Waals surface area contributed by atoms with Gasteiger partial charge in [0.15, 0.2) is 5.69 Å². The van der Waals surface area contributed by atoms with Crippen molar-refractivity contribution in [2.75, 3.05) is 6.61 Å². The molecule has 1 N–H and O–H groups in total. The van der Waals surface area contributed by atoms with Crippen molar-refractivity contribution in [2.45, 2.75) is 77.8 Å². The molecule has 1 aliphatic carbocycles. The van der Waals surface area contributed by atoms with Crippen molar-refractivity contribution >= 4 is 19.4 Å². The van der Waals surface area contributed by atoms with Crippen LogP contribution in [0.4, 0.5) is 0 Å². The number of H-pyrrole nitrogens is 1. The summed E-state index contributed by atoms with van der Waals surface area (Å²) >= 11 is 0. The number of carbonyl (C=O) groups excluding carboxylic acids is 1. The first-order chi connectivity index (χ1) is 13.8. The molecule has 0 bridgehead atoms. The first kappa shape index (κ1) is 21.8. The van der Waals surface area contributed by atoms with E-state index in [2.05, 4.69) is 61.0 Å². The molecule has 158 valence electrons. The highest BCUT2D eigenvalue weighted by molar-refractivity contribution is 6.88. The van der Waals surface area contributed by atoms with Gasteiger partial charge in [0.25, 0.3) is 0 Å². The van der Waals surface area contributed by atoms with Crippen LogP contribution in [0.3, 0.4) is 0 Å². The van der Waals surface area contributed by atoms with Gasteiger partial charge in [-0.1, -0.05) is 49.5 Å². The third-order valence-corrected chi connectivity index (χ3v) is 7.59. The second-order valence-corrected chi connectivity index (χ2v) is 14.1. The zero-order chi connectivity index (χ0) is 21.0. The van der Waals surface area contributed by atoms with E-state index in [-0.39, 0.29) is 12.1 Å². The summed E-state index contributed by atoms with van der Waals surface area (Å²) in [6.07, 6.45) is 4.33. The number of esters is 1. The summed E-state index contributed by atoms with van der Waals surface area (Å²) in [4.78, 5) is 12.5. The van der Waals surface area contributed by atoms with E-state index in [0.29, 0.717) is 24.8 Å². The molecule has 0 amide bonds. The number of aromatic amines is 1. The van der Waals surface area contributed by atoms with Gasteiger partial charge in [0.2, 0.25) is 0 Å². The zero-order valence-electron chi connectivity index (χ0n) is 18.4. The van der Waals surface area contributed by atoms with Crippen molar-refractivity contribution in [1.29, 1.82) is 0 Å². The van der Waals surface area contributed by atoms with Crippen LogP contribution >= 0.6 is 0 Å². The SMILES string of the molecule is CCOC(=O)c1n[nH]c([Si](C)(C)C)c1C1CCC(OCc2ccc(C)cc2)CC1. The van der Waals surface area contributed by atoms with E-state index in [4.69, 9.17) is 9.47 Å². The molecule has 0 aliphatic heterocycles. The van der Waals surface area contributed by atoms with Gasteiger partial charge in [-0.15, -0.1) is 0 Å². The quantitative estimate of drug-likeness (QED) is 0.528. The maximum absolute atomic E-state index is 12.5. The molecule has 1 aromatic carbocycles. The Morgan fingerprint density at radius 2 is 1.79 bits per heavy atom. The fourth-order valence-corrected chi connectivity index (χ4v) is 5.61. The average molecular weight is 415 g/mol. The van der Waals surface area contributed by atoms with Gasteiger partial charge in [-0.25, -0.2) is 4.79 Å². The van der Waals surface area contributed by atoms with Crippen molar-refractivity contribution in [3.05, 3.63) is 46.6 Å². The largest absolute Gasteiger partial charge is 0.461 e. The fraction of sp³-hybridized carbons (Fsp3) is 0.565. The summed E-state index contributed by atoms with van der Waals surface area (Å²) in [6, 6.07) is 8.53. The summed E-state index contributed by atoms with van der Waals surface area (Å²) in [5.41, 5.74) is 4.09. The number of benzene rings is 1. The highest BCUT2D eigenvalue weighted by Gasteiger charge is 2.35. The Kier molecular flexibility index (Phi) is 6.96. The summed E-state index contributed by atoms with van der Waals surface area (Å²) in [7, 11) is -1.65. The maximum Gasteiger partial charge on any atom is 0.359 e. The first-order valence-electron chi connectivity index (χ1n) is 10.7. The minimum atomic E-state index is -1.65. The number of aromatic nitrogens is 2. The smallest absolute Gasteiger partial charge is 0.359 e. The molecule has 0 atom stereocenters. The Labute approximate surface area is 175 Å². The molecule has 0 unspecified atom stereocenters. The fourth-order valence-electron chi connectivity index (χ4n) is 4.09. The molecule has 0 spiro atoms. The van der Waals surface area contributed by atoms with Gasteiger partial charge in [-0.2, -0.15) is 5.10 Å². The molecule has 1 aromatic heterocycles. The number of ether oxygens (including phenoxy) is 2. The molecular weight excluding hydrogens is 380 g/mol. The van der Waals surface area contributed by atoms with Gasteiger partial charge in [-0.3, -0.25) is 5.10 Å². The first-order valence-corrected chi connectivity index (χ1v) is 14.2. The van der Waals surface area contributed by atoms with Crippen LogP contribution < -0.4 is 5.32 Å². The molecule has 0 radical (unpaired) electrons. The number of aryl methyl sites for hydroxylation is 1. The molecule has 1 saturated carbocycles. The van der Waals surface area contributed by atoms with Gasteiger partial charge in [0, 0.05) is 10.9 Å². The third-order valence-electron chi connectivity index (χ3n) is 5.71. The van der Waals surface area contributed by atoms with Gasteiger partial charge in [0.1, 0.15) is 8.07 Å². The highest BCUT2D eigenvalue weighted by Crippen LogP contribution is 2.35. The van der Waals surface area contributed by atoms with Crippen molar-refractivity contribution in [1.82, 2.24) is 10.2 Å². The van der Waals surface area contributed by atoms with Crippen molar-refractivity contribution < 1.29 is 14.3 Å². The lowest BCUT2D eigenvalue weighted by Crippen LogP contribution is -2.42. The van der Waals surface area contributed by atoms with Gasteiger partial charge in [-0.05, 0) is 51.0 Å². The minimum absolute atomic E-state index is 0.279. The summed E-state index contributed by atoms with van der Waals surface area (Å²) in [5.74, 6) is 0.0371. The molecule has 2 aromatic rings. The third kappa shape index (κ3) is 5.37. The molecule has 5 nitrogen and oxygen atoms in total. The van der Waals surface area contributed by atoms with E-state index in [1.54, 1.807) is 0 Å². The second-order valence-electron chi connectivity index (χ2n) is 9.10. The molecule has 3 rings (SSSR count). The lowest BCUT2D eigenvalue weighted by molar-refractivity contribution is 0.0133. The Morgan fingerprint density at radius 1 is 1.14 bits per heavy atom. The maximum atomic E-state index is 12.5. The van der Waals surface area contributed by atoms with Crippen LogP contribution in [0.1, 0.15) is 65.7 Å². The average Bonchev–Trinajstić information content (AvgIpc) is 3.14. The Balaban J connectivity index is 1.67. The van der Waals surface area contributed by atoms with E-state index in [9.17, 15) is 4.79 Å². The highest BCUT2D eigenvalue weighted by atomic mass is 28.3. The van der Waals surface area contributed by atoms with Crippen molar-refractivity contribution in [3.8, 4) is 0 Å². The van der Waals surface area contributed by atoms with Crippen molar-refractivity contribution in [2.24, 2.45) is 0 Å². The van der Waals surface area contributed by atoms with E-state index in [1.807, 2.05) is 6.92 Å². The van der Waals surface area contributed by atoms with Crippen LogP contribution in [0, 0.1) is 6.92 Å². The molecular formula is C23H34N2O3Si. The van der Waals surface area contributed by atoms with Crippen LogP contribution in [0.25, 0.3) is 0 Å². The summed E-state index contributed by atoms with van der Waals surface area (Å²) < 4.78 is 11.5. The Morgan fingerprint density at radius 3 is 2.38 bits per heavy atom. The predicted molar refractivity (Wildman–Crippen MR) is 118 cm³/mol. The van der Waals surface area contributed by atoms with Crippen LogP contribution in [0.2, 0.25) is 19.6 Å². The van der Waals surface area contributed by atoms with E-state index >= 15 is 0 Å². The molecule has 29 heavy (non-hydrogen) atoms.